The van der Waals surface area contributed by atoms with Crippen LogP contribution in [0.3, 0.4) is 0 Å². The number of hydrogen-bond acceptors (Lipinski definition) is 4. The first kappa shape index (κ1) is 14.3. The van der Waals surface area contributed by atoms with Crippen LogP contribution in [0.5, 0.6) is 0 Å². The van der Waals surface area contributed by atoms with Gasteiger partial charge in [0.25, 0.3) is 0 Å². The molecule has 0 aromatic carbocycles. The molecule has 0 aliphatic heterocycles. The fraction of sp³-hybridized carbons (Fsp3) is 0.667. The largest absolute Gasteiger partial charge is 0.476 e. The molecule has 0 bridgehead atoms. The maximum Gasteiger partial charge on any atom is 0.358 e. The summed E-state index contributed by atoms with van der Waals surface area (Å²) in [4.78, 5) is 22.3. The average molecular weight is 281 g/mol. The molecule has 110 valence electrons. The van der Waals surface area contributed by atoms with Crippen LogP contribution in [0.25, 0.3) is 0 Å². The Morgan fingerprint density at radius 3 is 2.90 bits per heavy atom. The number of carboxylic acids is 1. The number of nitrogens with one attached hydrogen (secondary N) is 2. The predicted octanol–water partition coefficient (Wildman–Crippen LogP) is 0.464. The third kappa shape index (κ3) is 3.94. The van der Waals surface area contributed by atoms with Crippen molar-refractivity contribution in [2.75, 3.05) is 6.54 Å². The summed E-state index contributed by atoms with van der Waals surface area (Å²) in [6.07, 6.45) is 4.54. The van der Waals surface area contributed by atoms with Gasteiger partial charge in [-0.3, -0.25) is 0 Å². The first-order valence-corrected chi connectivity index (χ1v) is 6.72. The van der Waals surface area contributed by atoms with Crippen molar-refractivity contribution in [1.29, 1.82) is 0 Å². The van der Waals surface area contributed by atoms with Gasteiger partial charge < -0.3 is 15.7 Å². The number of rotatable bonds is 5. The molecule has 1 heterocycles. The SMILES string of the molecule is CC1CCC(NC(=O)NCCn2cc(C(=O)O)nn2)C1. The van der Waals surface area contributed by atoms with E-state index in [1.54, 1.807) is 0 Å². The zero-order valence-corrected chi connectivity index (χ0v) is 11.4. The van der Waals surface area contributed by atoms with Crippen LogP contribution in [0.4, 0.5) is 4.79 Å². The van der Waals surface area contributed by atoms with E-state index in [2.05, 4.69) is 27.9 Å². The van der Waals surface area contributed by atoms with Gasteiger partial charge in [0.2, 0.25) is 0 Å². The van der Waals surface area contributed by atoms with Crippen LogP contribution in [0.2, 0.25) is 0 Å². The second-order valence-corrected chi connectivity index (χ2v) is 5.19. The lowest BCUT2D eigenvalue weighted by atomic mass is 10.1. The molecule has 0 saturated heterocycles. The Labute approximate surface area is 116 Å². The highest BCUT2D eigenvalue weighted by molar-refractivity contribution is 5.84. The smallest absolute Gasteiger partial charge is 0.358 e. The summed E-state index contributed by atoms with van der Waals surface area (Å²) >= 11 is 0. The Morgan fingerprint density at radius 2 is 2.30 bits per heavy atom. The van der Waals surface area contributed by atoms with Crippen LogP contribution in [-0.2, 0) is 6.54 Å². The number of aromatic carboxylic acids is 1. The van der Waals surface area contributed by atoms with Gasteiger partial charge in [-0.2, -0.15) is 0 Å². The molecule has 8 nitrogen and oxygen atoms in total. The Balaban J connectivity index is 1.67. The van der Waals surface area contributed by atoms with E-state index in [9.17, 15) is 9.59 Å². The molecule has 1 aromatic rings. The van der Waals surface area contributed by atoms with Gasteiger partial charge in [-0.05, 0) is 25.2 Å². The quantitative estimate of drug-likeness (QED) is 0.726. The summed E-state index contributed by atoms with van der Waals surface area (Å²) in [5.41, 5.74) is -0.102. The Hall–Kier alpha value is -2.12. The maximum absolute atomic E-state index is 11.6. The minimum absolute atomic E-state index is 0.102. The van der Waals surface area contributed by atoms with Crippen LogP contribution < -0.4 is 10.6 Å². The lowest BCUT2D eigenvalue weighted by Gasteiger charge is -2.13. The summed E-state index contributed by atoms with van der Waals surface area (Å²) in [6.45, 7) is 2.94. The average Bonchev–Trinajstić information content (AvgIpc) is 2.99. The molecule has 1 fully saturated rings. The van der Waals surface area contributed by atoms with Gasteiger partial charge in [0.05, 0.1) is 12.7 Å². The standard InChI is InChI=1S/C12H19N5O3/c1-8-2-3-9(6-8)14-12(20)13-4-5-17-7-10(11(18)19)15-16-17/h7-9H,2-6H2,1H3,(H,18,19)(H2,13,14,20). The Kier molecular flexibility index (Phi) is 4.54. The third-order valence-electron chi connectivity index (χ3n) is 3.41. The van der Waals surface area contributed by atoms with Gasteiger partial charge >= 0.3 is 12.0 Å². The molecule has 8 heteroatoms. The van der Waals surface area contributed by atoms with Crippen molar-refractivity contribution < 1.29 is 14.7 Å². The third-order valence-corrected chi connectivity index (χ3v) is 3.41. The van der Waals surface area contributed by atoms with E-state index >= 15 is 0 Å². The molecule has 1 saturated carbocycles. The summed E-state index contributed by atoms with van der Waals surface area (Å²) in [5.74, 6) is -0.442. The molecule has 2 rings (SSSR count). The number of hydrogen-bond donors (Lipinski definition) is 3. The Bertz CT molecular complexity index is 487. The van der Waals surface area contributed by atoms with Crippen molar-refractivity contribution in [2.24, 2.45) is 5.92 Å². The van der Waals surface area contributed by atoms with Crippen LogP contribution >= 0.6 is 0 Å². The summed E-state index contributed by atoms with van der Waals surface area (Å²) in [6, 6.07) is 0.0673. The van der Waals surface area contributed by atoms with E-state index in [1.165, 1.54) is 10.9 Å². The number of urea groups is 1. The Morgan fingerprint density at radius 1 is 1.50 bits per heavy atom. The second-order valence-electron chi connectivity index (χ2n) is 5.19. The minimum atomic E-state index is -1.11. The lowest BCUT2D eigenvalue weighted by Crippen LogP contribution is -2.42. The number of amides is 2. The first-order chi connectivity index (χ1) is 9.54. The van der Waals surface area contributed by atoms with E-state index in [1.807, 2.05) is 0 Å². The number of aromatic nitrogens is 3. The normalized spacial score (nSPS) is 21.6. The maximum atomic E-state index is 11.6. The fourth-order valence-electron chi connectivity index (χ4n) is 2.36. The molecular formula is C12H19N5O3. The van der Waals surface area contributed by atoms with Crippen LogP contribution in [-0.4, -0.2) is 44.7 Å². The summed E-state index contributed by atoms with van der Waals surface area (Å²) in [7, 11) is 0. The molecular weight excluding hydrogens is 262 g/mol. The van der Waals surface area contributed by atoms with E-state index < -0.39 is 5.97 Å². The van der Waals surface area contributed by atoms with Crippen molar-refractivity contribution in [3.8, 4) is 0 Å². The molecule has 2 amide bonds. The predicted molar refractivity (Wildman–Crippen MR) is 70.3 cm³/mol. The molecule has 0 spiro atoms. The molecule has 2 unspecified atom stereocenters. The minimum Gasteiger partial charge on any atom is -0.476 e. The van der Waals surface area contributed by atoms with Gasteiger partial charge in [0.15, 0.2) is 5.69 Å². The van der Waals surface area contributed by atoms with E-state index in [4.69, 9.17) is 5.11 Å². The van der Waals surface area contributed by atoms with E-state index in [-0.39, 0.29) is 17.8 Å². The first-order valence-electron chi connectivity index (χ1n) is 6.72. The highest BCUT2D eigenvalue weighted by atomic mass is 16.4. The highest BCUT2D eigenvalue weighted by Gasteiger charge is 2.22. The van der Waals surface area contributed by atoms with Gasteiger partial charge in [-0.25, -0.2) is 14.3 Å². The molecule has 3 N–H and O–H groups in total. The number of carbonyl (C=O) groups is 2. The van der Waals surface area contributed by atoms with Crippen molar-refractivity contribution in [3.05, 3.63) is 11.9 Å². The fourth-order valence-corrected chi connectivity index (χ4v) is 2.36. The van der Waals surface area contributed by atoms with Crippen molar-refractivity contribution in [3.63, 3.8) is 0 Å². The van der Waals surface area contributed by atoms with Crippen LogP contribution in [0, 0.1) is 5.92 Å². The molecule has 0 radical (unpaired) electrons. The summed E-state index contributed by atoms with van der Waals surface area (Å²) < 4.78 is 1.39. The number of nitrogens with zero attached hydrogens (tertiary/aromatic N) is 3. The van der Waals surface area contributed by atoms with E-state index in [0.29, 0.717) is 19.0 Å². The van der Waals surface area contributed by atoms with Gasteiger partial charge in [0, 0.05) is 12.6 Å². The van der Waals surface area contributed by atoms with Crippen LogP contribution in [0.1, 0.15) is 36.7 Å². The second kappa shape index (κ2) is 6.36. The van der Waals surface area contributed by atoms with Crippen molar-refractivity contribution in [2.45, 2.75) is 38.8 Å². The van der Waals surface area contributed by atoms with Crippen molar-refractivity contribution in [1.82, 2.24) is 25.6 Å². The topological polar surface area (TPSA) is 109 Å². The van der Waals surface area contributed by atoms with Crippen LogP contribution in [0.15, 0.2) is 6.20 Å². The molecule has 20 heavy (non-hydrogen) atoms. The lowest BCUT2D eigenvalue weighted by molar-refractivity contribution is 0.0690. The van der Waals surface area contributed by atoms with Crippen molar-refractivity contribution >= 4 is 12.0 Å². The highest BCUT2D eigenvalue weighted by Crippen LogP contribution is 2.24. The molecule has 1 aromatic heterocycles. The number of carboxylic acid groups (broad SMARTS) is 1. The van der Waals surface area contributed by atoms with Gasteiger partial charge in [0.1, 0.15) is 0 Å². The monoisotopic (exact) mass is 281 g/mol. The zero-order valence-electron chi connectivity index (χ0n) is 11.4. The molecule has 2 atom stereocenters. The van der Waals surface area contributed by atoms with Gasteiger partial charge in [-0.1, -0.05) is 12.1 Å². The summed E-state index contributed by atoms with van der Waals surface area (Å²) in [5, 5.41) is 21.5. The molecule has 1 aliphatic carbocycles. The zero-order chi connectivity index (χ0) is 14.5. The van der Waals surface area contributed by atoms with Gasteiger partial charge in [-0.15, -0.1) is 5.10 Å². The number of carbonyl (C=O) groups excluding carboxylic acids is 1. The van der Waals surface area contributed by atoms with E-state index in [0.717, 1.165) is 19.3 Å². The molecule has 1 aliphatic rings.